The molecule has 2 fully saturated rings. The Kier molecular flexibility index (Phi) is 6.26. The molecule has 6 heteroatoms. The summed E-state index contributed by atoms with van der Waals surface area (Å²) in [4.78, 5) is 2.37. The first-order valence-electron chi connectivity index (χ1n) is 7.96. The molecule has 2 aliphatic rings. The third-order valence-corrected chi connectivity index (χ3v) is 5.82. The lowest BCUT2D eigenvalue weighted by Crippen LogP contribution is -2.50. The number of piperazine rings is 1. The molecular weight excluding hydrogens is 274 g/mol. The SMILES string of the molecule is CS(=O)(=O)N1CCN(CCNC2CCCCCC2)CC1. The first kappa shape index (κ1) is 16.2. The van der Waals surface area contributed by atoms with Gasteiger partial charge in [-0.05, 0) is 12.8 Å². The lowest BCUT2D eigenvalue weighted by molar-refractivity contribution is 0.187. The van der Waals surface area contributed by atoms with E-state index in [0.717, 1.165) is 26.2 Å². The summed E-state index contributed by atoms with van der Waals surface area (Å²) < 4.78 is 24.5. The fourth-order valence-electron chi connectivity index (χ4n) is 3.20. The molecule has 0 aromatic heterocycles. The minimum atomic E-state index is -3.00. The van der Waals surface area contributed by atoms with Gasteiger partial charge in [0.2, 0.25) is 10.0 Å². The molecular formula is C14H29N3O2S. The molecule has 5 nitrogen and oxygen atoms in total. The summed E-state index contributed by atoms with van der Waals surface area (Å²) in [5.41, 5.74) is 0. The summed E-state index contributed by atoms with van der Waals surface area (Å²) in [6.07, 6.45) is 9.46. The van der Waals surface area contributed by atoms with Crippen LogP contribution in [0.15, 0.2) is 0 Å². The monoisotopic (exact) mass is 303 g/mol. The van der Waals surface area contributed by atoms with E-state index in [2.05, 4.69) is 10.2 Å². The summed E-state index contributed by atoms with van der Waals surface area (Å²) in [5.74, 6) is 0. The van der Waals surface area contributed by atoms with Crippen molar-refractivity contribution in [2.75, 3.05) is 45.5 Å². The molecule has 20 heavy (non-hydrogen) atoms. The minimum absolute atomic E-state index is 0.641. The van der Waals surface area contributed by atoms with Gasteiger partial charge < -0.3 is 5.32 Å². The second kappa shape index (κ2) is 7.73. The van der Waals surface area contributed by atoms with Crippen molar-refractivity contribution in [2.24, 2.45) is 0 Å². The van der Waals surface area contributed by atoms with Crippen LogP contribution in [0.3, 0.4) is 0 Å². The van der Waals surface area contributed by atoms with Crippen LogP contribution in [0, 0.1) is 0 Å². The lowest BCUT2D eigenvalue weighted by atomic mass is 10.1. The molecule has 1 saturated heterocycles. The van der Waals surface area contributed by atoms with Crippen LogP contribution in [0.4, 0.5) is 0 Å². The largest absolute Gasteiger partial charge is 0.313 e. The van der Waals surface area contributed by atoms with E-state index in [-0.39, 0.29) is 0 Å². The highest BCUT2D eigenvalue weighted by atomic mass is 32.2. The number of nitrogens with one attached hydrogen (secondary N) is 1. The topological polar surface area (TPSA) is 52.7 Å². The molecule has 0 aromatic rings. The Morgan fingerprint density at radius 1 is 1.00 bits per heavy atom. The van der Waals surface area contributed by atoms with Gasteiger partial charge in [-0.25, -0.2) is 8.42 Å². The number of hydrogen-bond donors (Lipinski definition) is 1. The van der Waals surface area contributed by atoms with E-state index in [1.54, 1.807) is 4.31 Å². The molecule has 1 N–H and O–H groups in total. The maximum Gasteiger partial charge on any atom is 0.211 e. The van der Waals surface area contributed by atoms with E-state index in [0.29, 0.717) is 19.1 Å². The minimum Gasteiger partial charge on any atom is -0.313 e. The van der Waals surface area contributed by atoms with Gasteiger partial charge in [0.15, 0.2) is 0 Å². The van der Waals surface area contributed by atoms with Crippen molar-refractivity contribution in [3.8, 4) is 0 Å². The number of sulfonamides is 1. The quantitative estimate of drug-likeness (QED) is 0.766. The summed E-state index contributed by atoms with van der Waals surface area (Å²) in [6, 6.07) is 0.704. The van der Waals surface area contributed by atoms with Crippen LogP contribution in [0.5, 0.6) is 0 Å². The Bertz CT molecular complexity index is 370. The van der Waals surface area contributed by atoms with Crippen LogP contribution in [0.25, 0.3) is 0 Å². The van der Waals surface area contributed by atoms with E-state index in [9.17, 15) is 8.42 Å². The van der Waals surface area contributed by atoms with Crippen molar-refractivity contribution in [3.05, 3.63) is 0 Å². The zero-order valence-electron chi connectivity index (χ0n) is 12.7. The molecule has 118 valence electrons. The van der Waals surface area contributed by atoms with E-state index < -0.39 is 10.0 Å². The molecule has 0 bridgehead atoms. The molecule has 1 aliphatic carbocycles. The van der Waals surface area contributed by atoms with Crippen molar-refractivity contribution in [3.63, 3.8) is 0 Å². The van der Waals surface area contributed by atoms with Crippen LogP contribution < -0.4 is 5.32 Å². The van der Waals surface area contributed by atoms with Crippen LogP contribution in [-0.2, 0) is 10.0 Å². The van der Waals surface area contributed by atoms with Gasteiger partial charge in [0, 0.05) is 45.3 Å². The first-order valence-corrected chi connectivity index (χ1v) is 9.81. The molecule has 0 unspecified atom stereocenters. The highest BCUT2D eigenvalue weighted by Crippen LogP contribution is 2.17. The molecule has 0 spiro atoms. The molecule has 1 saturated carbocycles. The van der Waals surface area contributed by atoms with Crippen molar-refractivity contribution in [1.82, 2.24) is 14.5 Å². The molecule has 1 heterocycles. The number of rotatable bonds is 5. The van der Waals surface area contributed by atoms with Crippen LogP contribution >= 0.6 is 0 Å². The average molecular weight is 303 g/mol. The van der Waals surface area contributed by atoms with Gasteiger partial charge in [-0.15, -0.1) is 0 Å². The number of nitrogens with zero attached hydrogens (tertiary/aromatic N) is 2. The van der Waals surface area contributed by atoms with Gasteiger partial charge in [0.05, 0.1) is 6.26 Å². The predicted octanol–water partition coefficient (Wildman–Crippen LogP) is 0.876. The second-order valence-corrected chi connectivity index (χ2v) is 8.13. The predicted molar refractivity (Wildman–Crippen MR) is 82.3 cm³/mol. The van der Waals surface area contributed by atoms with Crippen molar-refractivity contribution < 1.29 is 8.42 Å². The van der Waals surface area contributed by atoms with E-state index in [1.165, 1.54) is 44.8 Å². The molecule has 0 atom stereocenters. The Hall–Kier alpha value is -0.170. The van der Waals surface area contributed by atoms with Crippen LogP contribution in [-0.4, -0.2) is 69.2 Å². The highest BCUT2D eigenvalue weighted by Gasteiger charge is 2.23. The Balaban J connectivity index is 1.61. The fraction of sp³-hybridized carbons (Fsp3) is 1.00. The van der Waals surface area contributed by atoms with Gasteiger partial charge in [-0.2, -0.15) is 4.31 Å². The normalized spacial score (nSPS) is 24.6. The van der Waals surface area contributed by atoms with E-state index in [1.807, 2.05) is 0 Å². The van der Waals surface area contributed by atoms with Crippen LogP contribution in [0.1, 0.15) is 38.5 Å². The van der Waals surface area contributed by atoms with Crippen molar-refractivity contribution >= 4 is 10.0 Å². The summed E-state index contributed by atoms with van der Waals surface area (Å²) in [7, 11) is -3.00. The third kappa shape index (κ3) is 5.31. The molecule has 0 aromatic carbocycles. The maximum absolute atomic E-state index is 11.4. The average Bonchev–Trinajstić information content (AvgIpc) is 2.67. The molecule has 0 amide bonds. The summed E-state index contributed by atoms with van der Waals surface area (Å²) in [6.45, 7) is 5.07. The Morgan fingerprint density at radius 2 is 1.60 bits per heavy atom. The van der Waals surface area contributed by atoms with Crippen molar-refractivity contribution in [2.45, 2.75) is 44.6 Å². The summed E-state index contributed by atoms with van der Waals surface area (Å²) in [5, 5.41) is 3.68. The van der Waals surface area contributed by atoms with Gasteiger partial charge in [-0.1, -0.05) is 25.7 Å². The highest BCUT2D eigenvalue weighted by molar-refractivity contribution is 7.88. The fourth-order valence-corrected chi connectivity index (χ4v) is 4.02. The Labute approximate surface area is 123 Å². The van der Waals surface area contributed by atoms with Gasteiger partial charge in [0.1, 0.15) is 0 Å². The zero-order chi connectivity index (χ0) is 14.4. The smallest absolute Gasteiger partial charge is 0.211 e. The molecule has 2 rings (SSSR count). The van der Waals surface area contributed by atoms with Gasteiger partial charge in [0.25, 0.3) is 0 Å². The zero-order valence-corrected chi connectivity index (χ0v) is 13.5. The standard InChI is InChI=1S/C14H29N3O2S/c1-20(18,19)17-12-10-16(11-13-17)9-8-15-14-6-4-2-3-5-7-14/h14-15H,2-13H2,1H3. The van der Waals surface area contributed by atoms with Gasteiger partial charge >= 0.3 is 0 Å². The van der Waals surface area contributed by atoms with E-state index >= 15 is 0 Å². The maximum atomic E-state index is 11.4. The molecule has 1 aliphatic heterocycles. The first-order chi connectivity index (χ1) is 9.55. The third-order valence-electron chi connectivity index (χ3n) is 4.52. The van der Waals surface area contributed by atoms with Gasteiger partial charge in [-0.3, -0.25) is 4.90 Å². The lowest BCUT2D eigenvalue weighted by Gasteiger charge is -2.33. The van der Waals surface area contributed by atoms with E-state index in [4.69, 9.17) is 0 Å². The Morgan fingerprint density at radius 3 is 2.15 bits per heavy atom. The van der Waals surface area contributed by atoms with Crippen LogP contribution in [0.2, 0.25) is 0 Å². The van der Waals surface area contributed by atoms with Crippen molar-refractivity contribution in [1.29, 1.82) is 0 Å². The number of hydrogen-bond acceptors (Lipinski definition) is 4. The molecule has 0 radical (unpaired) electrons. The summed E-state index contributed by atoms with van der Waals surface area (Å²) >= 11 is 0. The second-order valence-electron chi connectivity index (χ2n) is 6.15.